The molecule has 0 saturated heterocycles. The molecule has 1 amide bonds. The standard InChI is InChI=1S/C17H17F2NO2/c1-10-4-5-11(2)16(8-10)22-12(3)17(21)20-13-6-7-14(18)15(19)9-13/h4-9,12H,1-3H3,(H,20,21)/t12-/m1/s1. The second-order valence-corrected chi connectivity index (χ2v) is 5.15. The van der Waals surface area contributed by atoms with E-state index in [-0.39, 0.29) is 5.69 Å². The molecule has 5 heteroatoms. The fraction of sp³-hybridized carbons (Fsp3) is 0.235. The Labute approximate surface area is 127 Å². The third kappa shape index (κ3) is 3.81. The van der Waals surface area contributed by atoms with Gasteiger partial charge in [-0.15, -0.1) is 0 Å². The third-order valence-electron chi connectivity index (χ3n) is 3.20. The first-order valence-corrected chi connectivity index (χ1v) is 6.86. The van der Waals surface area contributed by atoms with Crippen molar-refractivity contribution >= 4 is 11.6 Å². The monoisotopic (exact) mass is 305 g/mol. The highest BCUT2D eigenvalue weighted by Gasteiger charge is 2.16. The number of hydrogen-bond donors (Lipinski definition) is 1. The number of amides is 1. The van der Waals surface area contributed by atoms with Crippen molar-refractivity contribution in [2.45, 2.75) is 26.9 Å². The Morgan fingerprint density at radius 2 is 1.82 bits per heavy atom. The van der Waals surface area contributed by atoms with Crippen molar-refractivity contribution in [1.29, 1.82) is 0 Å². The summed E-state index contributed by atoms with van der Waals surface area (Å²) in [6.45, 7) is 5.41. The molecule has 2 aromatic carbocycles. The van der Waals surface area contributed by atoms with Crippen molar-refractivity contribution in [2.75, 3.05) is 5.32 Å². The Morgan fingerprint density at radius 3 is 2.50 bits per heavy atom. The van der Waals surface area contributed by atoms with Gasteiger partial charge < -0.3 is 10.1 Å². The average molecular weight is 305 g/mol. The van der Waals surface area contributed by atoms with Crippen molar-refractivity contribution in [1.82, 2.24) is 0 Å². The summed E-state index contributed by atoms with van der Waals surface area (Å²) in [6.07, 6.45) is -0.770. The number of rotatable bonds is 4. The second-order valence-electron chi connectivity index (χ2n) is 5.15. The lowest BCUT2D eigenvalue weighted by atomic mass is 10.1. The van der Waals surface area contributed by atoms with Gasteiger partial charge in [0.25, 0.3) is 5.91 Å². The predicted octanol–water partition coefficient (Wildman–Crippen LogP) is 3.99. The molecule has 1 N–H and O–H groups in total. The van der Waals surface area contributed by atoms with Crippen LogP contribution in [-0.4, -0.2) is 12.0 Å². The number of carbonyl (C=O) groups excluding carboxylic acids is 1. The maximum Gasteiger partial charge on any atom is 0.265 e. The molecule has 0 fully saturated rings. The molecule has 0 spiro atoms. The van der Waals surface area contributed by atoms with E-state index >= 15 is 0 Å². The molecule has 0 heterocycles. The van der Waals surface area contributed by atoms with Gasteiger partial charge in [0.1, 0.15) is 5.75 Å². The number of aryl methyl sites for hydroxylation is 2. The zero-order valence-corrected chi connectivity index (χ0v) is 12.6. The molecule has 0 aliphatic heterocycles. The number of benzene rings is 2. The second kappa shape index (κ2) is 6.56. The highest BCUT2D eigenvalue weighted by atomic mass is 19.2. The number of halogens is 2. The largest absolute Gasteiger partial charge is 0.481 e. The van der Waals surface area contributed by atoms with E-state index in [4.69, 9.17) is 4.74 Å². The highest BCUT2D eigenvalue weighted by molar-refractivity contribution is 5.94. The number of anilines is 1. The first kappa shape index (κ1) is 15.9. The summed E-state index contributed by atoms with van der Waals surface area (Å²) in [5, 5.41) is 2.49. The fourth-order valence-corrected chi connectivity index (χ4v) is 1.90. The van der Waals surface area contributed by atoms with Crippen LogP contribution in [0.25, 0.3) is 0 Å². The van der Waals surface area contributed by atoms with Crippen molar-refractivity contribution < 1.29 is 18.3 Å². The molecule has 22 heavy (non-hydrogen) atoms. The van der Waals surface area contributed by atoms with Crippen molar-refractivity contribution in [3.63, 3.8) is 0 Å². The van der Waals surface area contributed by atoms with Gasteiger partial charge in [-0.25, -0.2) is 8.78 Å². The van der Waals surface area contributed by atoms with Crippen LogP contribution in [0.15, 0.2) is 36.4 Å². The lowest BCUT2D eigenvalue weighted by molar-refractivity contribution is -0.122. The minimum Gasteiger partial charge on any atom is -0.481 e. The maximum atomic E-state index is 13.1. The minimum atomic E-state index is -1.01. The molecular weight excluding hydrogens is 288 g/mol. The first-order valence-electron chi connectivity index (χ1n) is 6.86. The van der Waals surface area contributed by atoms with E-state index in [0.717, 1.165) is 23.3 Å². The van der Waals surface area contributed by atoms with E-state index in [9.17, 15) is 13.6 Å². The van der Waals surface area contributed by atoms with Gasteiger partial charge in [-0.1, -0.05) is 12.1 Å². The molecule has 0 aliphatic rings. The van der Waals surface area contributed by atoms with Crippen LogP contribution < -0.4 is 10.1 Å². The predicted molar refractivity (Wildman–Crippen MR) is 81.0 cm³/mol. The van der Waals surface area contributed by atoms with Gasteiger partial charge in [0.05, 0.1) is 0 Å². The molecule has 0 saturated carbocycles. The zero-order chi connectivity index (χ0) is 16.3. The molecule has 0 aromatic heterocycles. The van der Waals surface area contributed by atoms with E-state index in [2.05, 4.69) is 5.32 Å². The molecule has 0 unspecified atom stereocenters. The number of nitrogens with one attached hydrogen (secondary N) is 1. The van der Waals surface area contributed by atoms with Gasteiger partial charge in [-0.3, -0.25) is 4.79 Å². The highest BCUT2D eigenvalue weighted by Crippen LogP contribution is 2.21. The molecule has 2 aromatic rings. The van der Waals surface area contributed by atoms with Gasteiger partial charge in [0.15, 0.2) is 17.7 Å². The summed E-state index contributed by atoms with van der Waals surface area (Å²) in [6, 6.07) is 8.88. The first-order chi connectivity index (χ1) is 10.4. The zero-order valence-electron chi connectivity index (χ0n) is 12.6. The topological polar surface area (TPSA) is 38.3 Å². The van der Waals surface area contributed by atoms with Crippen molar-refractivity contribution in [3.8, 4) is 5.75 Å². The Bertz CT molecular complexity index is 701. The number of ether oxygens (including phenoxy) is 1. The third-order valence-corrected chi connectivity index (χ3v) is 3.20. The molecule has 3 nitrogen and oxygen atoms in total. The lowest BCUT2D eigenvalue weighted by Crippen LogP contribution is -2.30. The van der Waals surface area contributed by atoms with Crippen LogP contribution in [0.3, 0.4) is 0 Å². The SMILES string of the molecule is Cc1ccc(C)c(O[C@H](C)C(=O)Nc2ccc(F)c(F)c2)c1. The molecule has 0 radical (unpaired) electrons. The molecular formula is C17H17F2NO2. The molecule has 116 valence electrons. The van der Waals surface area contributed by atoms with Gasteiger partial charge in [-0.2, -0.15) is 0 Å². The lowest BCUT2D eigenvalue weighted by Gasteiger charge is -2.16. The summed E-state index contributed by atoms with van der Waals surface area (Å²) >= 11 is 0. The van der Waals surface area contributed by atoms with Crippen LogP contribution in [0.5, 0.6) is 5.75 Å². The summed E-state index contributed by atoms with van der Waals surface area (Å²) in [4.78, 5) is 12.1. The fourth-order valence-electron chi connectivity index (χ4n) is 1.90. The van der Waals surface area contributed by atoms with Gasteiger partial charge >= 0.3 is 0 Å². The summed E-state index contributed by atoms with van der Waals surface area (Å²) in [5.41, 5.74) is 2.12. The van der Waals surface area contributed by atoms with Crippen LogP contribution in [-0.2, 0) is 4.79 Å². The molecule has 1 atom stereocenters. The van der Waals surface area contributed by atoms with Gasteiger partial charge in [0.2, 0.25) is 0 Å². The average Bonchev–Trinajstić information content (AvgIpc) is 2.46. The maximum absolute atomic E-state index is 13.1. The van der Waals surface area contributed by atoms with E-state index in [1.807, 2.05) is 32.0 Å². The number of hydrogen-bond acceptors (Lipinski definition) is 2. The molecule has 0 bridgehead atoms. The van der Waals surface area contributed by atoms with E-state index in [1.54, 1.807) is 6.92 Å². The van der Waals surface area contributed by atoms with Crippen molar-refractivity contribution in [3.05, 3.63) is 59.2 Å². The van der Waals surface area contributed by atoms with Crippen LogP contribution in [0.1, 0.15) is 18.1 Å². The summed E-state index contributed by atoms with van der Waals surface area (Å²) in [5.74, 6) is -1.79. The van der Waals surface area contributed by atoms with Crippen LogP contribution in [0.2, 0.25) is 0 Å². The minimum absolute atomic E-state index is 0.181. The van der Waals surface area contributed by atoms with Crippen LogP contribution in [0.4, 0.5) is 14.5 Å². The Morgan fingerprint density at radius 1 is 1.09 bits per heavy atom. The van der Waals surface area contributed by atoms with Gasteiger partial charge in [-0.05, 0) is 50.1 Å². The Kier molecular flexibility index (Phi) is 4.75. The molecule has 0 aliphatic carbocycles. The van der Waals surface area contributed by atoms with Crippen molar-refractivity contribution in [2.24, 2.45) is 0 Å². The smallest absolute Gasteiger partial charge is 0.265 e. The van der Waals surface area contributed by atoms with Crippen LogP contribution in [0, 0.1) is 25.5 Å². The molecule has 2 rings (SSSR count). The van der Waals surface area contributed by atoms with E-state index in [0.29, 0.717) is 5.75 Å². The summed E-state index contributed by atoms with van der Waals surface area (Å²) < 4.78 is 31.6. The van der Waals surface area contributed by atoms with E-state index < -0.39 is 23.6 Å². The Balaban J connectivity index is 2.05. The van der Waals surface area contributed by atoms with Crippen LogP contribution >= 0.6 is 0 Å². The normalized spacial score (nSPS) is 11.9. The summed E-state index contributed by atoms with van der Waals surface area (Å²) in [7, 11) is 0. The van der Waals surface area contributed by atoms with Gasteiger partial charge in [0, 0.05) is 11.8 Å². The number of carbonyl (C=O) groups is 1. The quantitative estimate of drug-likeness (QED) is 0.927. The van der Waals surface area contributed by atoms with E-state index in [1.165, 1.54) is 6.07 Å². The Hall–Kier alpha value is -2.43.